The van der Waals surface area contributed by atoms with E-state index in [0.29, 0.717) is 12.1 Å². The summed E-state index contributed by atoms with van der Waals surface area (Å²) in [6, 6.07) is 1.37. The number of aromatic hydroxyl groups is 1. The van der Waals surface area contributed by atoms with Gasteiger partial charge in [0.1, 0.15) is 0 Å². The van der Waals surface area contributed by atoms with Gasteiger partial charge in [-0.25, -0.2) is 15.6 Å². The molecule has 0 fully saturated rings. The van der Waals surface area contributed by atoms with E-state index < -0.39 is 38.5 Å². The van der Waals surface area contributed by atoms with E-state index in [2.05, 4.69) is 0 Å². The van der Waals surface area contributed by atoms with Gasteiger partial charge in [-0.05, 0) is 0 Å². The molecule has 10 heteroatoms. The largest absolute Gasteiger partial charge is 0.595 e. The van der Waals surface area contributed by atoms with Crippen LogP contribution in [0.4, 0.5) is 17.1 Å². The molecule has 16 heavy (non-hydrogen) atoms. The van der Waals surface area contributed by atoms with Gasteiger partial charge in [0.25, 0.3) is 0 Å². The summed E-state index contributed by atoms with van der Waals surface area (Å²) in [7, 11) is 0. The molecule has 1 aromatic rings. The summed E-state index contributed by atoms with van der Waals surface area (Å²) in [6.45, 7) is 0. The minimum atomic E-state index is -1.61. The van der Waals surface area contributed by atoms with Gasteiger partial charge in [-0.15, -0.1) is 0 Å². The van der Waals surface area contributed by atoms with Gasteiger partial charge in [-0.2, -0.15) is 15.7 Å². The zero-order valence-electron chi connectivity index (χ0n) is 7.67. The Kier molecular flexibility index (Phi) is 3.71. The van der Waals surface area contributed by atoms with Crippen molar-refractivity contribution in [3.05, 3.63) is 27.8 Å². The first-order valence-electron chi connectivity index (χ1n) is 3.91. The molecule has 1 aromatic carbocycles. The van der Waals surface area contributed by atoms with Crippen molar-refractivity contribution in [2.24, 2.45) is 0 Å². The van der Waals surface area contributed by atoms with E-state index in [-0.39, 0.29) is 0 Å². The van der Waals surface area contributed by atoms with Gasteiger partial charge in [0, 0.05) is 0 Å². The van der Waals surface area contributed by atoms with Gasteiger partial charge >= 0.3 is 0 Å². The van der Waals surface area contributed by atoms with Crippen LogP contribution < -0.4 is 15.7 Å². The smallest absolute Gasteiger partial charge is 0.247 e. The molecule has 0 aliphatic carbocycles. The van der Waals surface area contributed by atoms with Crippen LogP contribution in [0.3, 0.4) is 0 Å². The minimum absolute atomic E-state index is 0.521. The van der Waals surface area contributed by atoms with Gasteiger partial charge in [0.05, 0.1) is 12.1 Å². The van der Waals surface area contributed by atoms with Crippen molar-refractivity contribution < 1.29 is 36.4 Å². The number of hydrogen-bond acceptors (Lipinski definition) is 7. The van der Waals surface area contributed by atoms with Crippen molar-refractivity contribution in [3.8, 4) is 5.75 Å². The first-order chi connectivity index (χ1) is 7.34. The molecular weight excluding hydrogens is 226 g/mol. The van der Waals surface area contributed by atoms with Crippen molar-refractivity contribution in [2.45, 2.75) is 0 Å². The normalized spacial score (nSPS) is 16.9. The third-order valence-corrected chi connectivity index (χ3v) is 1.82. The highest BCUT2D eigenvalue weighted by atomic mass is 16.8. The van der Waals surface area contributed by atoms with Crippen LogP contribution >= 0.6 is 0 Å². The topological polar surface area (TPSA) is 163 Å². The number of nitrogens with one attached hydrogen (secondary N) is 3. The van der Waals surface area contributed by atoms with E-state index in [1.165, 1.54) is 0 Å². The van der Waals surface area contributed by atoms with E-state index in [1.54, 1.807) is 0 Å². The van der Waals surface area contributed by atoms with Gasteiger partial charge in [0.2, 0.25) is 17.1 Å². The lowest BCUT2D eigenvalue weighted by Gasteiger charge is -2.20. The van der Waals surface area contributed by atoms with Gasteiger partial charge in [-0.1, -0.05) is 0 Å². The second kappa shape index (κ2) is 4.67. The summed E-state index contributed by atoms with van der Waals surface area (Å²) in [4.78, 5) is 0. The van der Waals surface area contributed by atoms with Crippen LogP contribution in [0.15, 0.2) is 12.1 Å². The van der Waals surface area contributed by atoms with Crippen LogP contribution in [0.5, 0.6) is 5.75 Å². The number of quaternary nitrogens is 3. The number of phenols is 1. The SMILES string of the molecule is [O-][NH+](O)c1cc([NH+]([O-])O)c(O)c([NH+]([O-])O)c1. The van der Waals surface area contributed by atoms with Crippen LogP contribution in [-0.4, -0.2) is 20.7 Å². The zero-order valence-corrected chi connectivity index (χ0v) is 7.67. The van der Waals surface area contributed by atoms with E-state index in [4.69, 9.17) is 15.6 Å². The molecule has 3 unspecified atom stereocenters. The van der Waals surface area contributed by atoms with E-state index >= 15 is 0 Å². The third kappa shape index (κ3) is 2.42. The van der Waals surface area contributed by atoms with Crippen molar-refractivity contribution in [2.75, 3.05) is 0 Å². The lowest BCUT2D eigenvalue weighted by atomic mass is 10.2. The molecule has 0 aromatic heterocycles. The van der Waals surface area contributed by atoms with Gasteiger partial charge < -0.3 is 20.7 Å². The van der Waals surface area contributed by atoms with Gasteiger partial charge in [-0.3, -0.25) is 0 Å². The lowest BCUT2D eigenvalue weighted by Crippen LogP contribution is -3.02. The van der Waals surface area contributed by atoms with Crippen LogP contribution in [-0.2, 0) is 0 Å². The maximum absolute atomic E-state index is 10.6. The Labute approximate surface area is 88.0 Å². The Morgan fingerprint density at radius 1 is 0.812 bits per heavy atom. The molecule has 0 heterocycles. The Bertz CT molecular complexity index is 351. The third-order valence-electron chi connectivity index (χ3n) is 1.82. The molecule has 0 bridgehead atoms. The summed E-state index contributed by atoms with van der Waals surface area (Å²) >= 11 is 0. The molecule has 3 atom stereocenters. The predicted molar refractivity (Wildman–Crippen MR) is 45.4 cm³/mol. The van der Waals surface area contributed by atoms with Crippen LogP contribution in [0.1, 0.15) is 0 Å². The zero-order chi connectivity index (χ0) is 12.5. The number of phenolic OH excluding ortho intramolecular Hbond substituents is 1. The Morgan fingerprint density at radius 3 is 1.44 bits per heavy atom. The standard InChI is InChI=1S/C6H9N3O7/c10-6-4(8(13)14)1-3(7(11)12)2-5(6)9(15)16/h1-2,7-11,13,15H. The molecule has 0 spiro atoms. The molecule has 7 N–H and O–H groups in total. The lowest BCUT2D eigenvalue weighted by molar-refractivity contribution is -1.00. The molecule has 90 valence electrons. The highest BCUT2D eigenvalue weighted by molar-refractivity contribution is 5.64. The molecular formula is C6H9N3O7. The summed E-state index contributed by atoms with van der Waals surface area (Å²) in [6.07, 6.45) is 0. The van der Waals surface area contributed by atoms with Crippen molar-refractivity contribution in [1.82, 2.24) is 0 Å². The average molecular weight is 235 g/mol. The fourth-order valence-corrected chi connectivity index (χ4v) is 1.08. The fraction of sp³-hybridized carbons (Fsp3) is 0. The van der Waals surface area contributed by atoms with Crippen LogP contribution in [0.25, 0.3) is 0 Å². The van der Waals surface area contributed by atoms with Crippen LogP contribution in [0.2, 0.25) is 0 Å². The minimum Gasteiger partial charge on any atom is -0.595 e. The maximum Gasteiger partial charge on any atom is 0.247 e. The fourth-order valence-electron chi connectivity index (χ4n) is 1.08. The molecule has 0 saturated carbocycles. The molecule has 0 amide bonds. The van der Waals surface area contributed by atoms with Crippen molar-refractivity contribution in [3.63, 3.8) is 0 Å². The van der Waals surface area contributed by atoms with Gasteiger partial charge in [0.15, 0.2) is 5.69 Å². The number of benzene rings is 1. The molecule has 10 nitrogen and oxygen atoms in total. The summed E-state index contributed by atoms with van der Waals surface area (Å²) < 4.78 is 0. The molecule has 0 saturated heterocycles. The quantitative estimate of drug-likeness (QED) is 0.163. The first-order valence-corrected chi connectivity index (χ1v) is 3.91. The van der Waals surface area contributed by atoms with Crippen molar-refractivity contribution >= 4 is 17.1 Å². The monoisotopic (exact) mass is 235 g/mol. The Hall–Kier alpha value is -1.34. The summed E-state index contributed by atoms with van der Waals surface area (Å²) in [5.41, 5.74) is -2.05. The van der Waals surface area contributed by atoms with E-state index in [9.17, 15) is 20.7 Å². The van der Waals surface area contributed by atoms with E-state index in [0.717, 1.165) is 0 Å². The molecule has 1 rings (SSSR count). The van der Waals surface area contributed by atoms with Crippen molar-refractivity contribution in [1.29, 1.82) is 0 Å². The number of hydrogen-bond donors (Lipinski definition) is 7. The maximum atomic E-state index is 10.6. The predicted octanol–water partition coefficient (Wildman–Crippen LogP) is -3.40. The summed E-state index contributed by atoms with van der Waals surface area (Å²) in [5, 5.41) is 62.3. The second-order valence-corrected chi connectivity index (χ2v) is 2.84. The highest BCUT2D eigenvalue weighted by Crippen LogP contribution is 2.29. The molecule has 0 aliphatic heterocycles. The molecule has 0 aliphatic rings. The second-order valence-electron chi connectivity index (χ2n) is 2.84. The summed E-state index contributed by atoms with van der Waals surface area (Å²) in [5.74, 6) is -0.968. The van der Waals surface area contributed by atoms with Crippen LogP contribution in [0, 0.1) is 15.6 Å². The molecule has 0 radical (unpaired) electrons. The number of rotatable bonds is 3. The Balaban J connectivity index is 3.39. The average Bonchev–Trinajstić information content (AvgIpc) is 2.16. The van der Waals surface area contributed by atoms with E-state index in [1.807, 2.05) is 0 Å². The first kappa shape index (κ1) is 12.7. The highest BCUT2D eigenvalue weighted by Gasteiger charge is 2.22. The Morgan fingerprint density at radius 2 is 1.19 bits per heavy atom.